The van der Waals surface area contributed by atoms with Crippen molar-refractivity contribution in [3.05, 3.63) is 0 Å². The van der Waals surface area contributed by atoms with E-state index in [9.17, 15) is 9.59 Å². The summed E-state index contributed by atoms with van der Waals surface area (Å²) < 4.78 is 9.87. The fourth-order valence-corrected chi connectivity index (χ4v) is 1.71. The Morgan fingerprint density at radius 3 is 2.24 bits per heavy atom. The Balaban J connectivity index is 4.21. The summed E-state index contributed by atoms with van der Waals surface area (Å²) in [4.78, 5) is 23.4. The zero-order valence-electron chi connectivity index (χ0n) is 14.1. The van der Waals surface area contributed by atoms with E-state index in [1.807, 2.05) is 0 Å². The molecule has 0 aromatic rings. The molecule has 124 valence electrons. The van der Waals surface area contributed by atoms with Gasteiger partial charge in [0.2, 0.25) is 0 Å². The molecule has 0 saturated heterocycles. The van der Waals surface area contributed by atoms with Gasteiger partial charge in [-0.05, 0) is 46.6 Å². The Labute approximate surface area is 127 Å². The van der Waals surface area contributed by atoms with Gasteiger partial charge in [-0.1, -0.05) is 13.8 Å². The van der Waals surface area contributed by atoms with Crippen LogP contribution in [0.25, 0.3) is 0 Å². The summed E-state index contributed by atoms with van der Waals surface area (Å²) in [6, 6.07) is -0.217. The molecule has 1 amide bonds. The lowest BCUT2D eigenvalue weighted by atomic mass is 10.1. The second-order valence-corrected chi connectivity index (χ2v) is 6.33. The van der Waals surface area contributed by atoms with E-state index >= 15 is 0 Å². The molecule has 0 aliphatic carbocycles. The topological polar surface area (TPSA) is 76.7 Å². The molecule has 0 spiro atoms. The maximum absolute atomic E-state index is 11.7. The highest BCUT2D eigenvalue weighted by Gasteiger charge is 2.24. The first-order valence-electron chi connectivity index (χ1n) is 7.46. The molecule has 0 aliphatic rings. The van der Waals surface area contributed by atoms with Gasteiger partial charge in [0.15, 0.2) is 0 Å². The average molecular weight is 302 g/mol. The lowest BCUT2D eigenvalue weighted by molar-refractivity contribution is -0.143. The van der Waals surface area contributed by atoms with Gasteiger partial charge in [-0.15, -0.1) is 0 Å². The molecule has 0 saturated carbocycles. The van der Waals surface area contributed by atoms with Crippen molar-refractivity contribution in [3.8, 4) is 0 Å². The lowest BCUT2D eigenvalue weighted by Gasteiger charge is -2.22. The Kier molecular flexibility index (Phi) is 9.01. The maximum atomic E-state index is 11.7. The SMILES string of the molecule is COC(=O)[C@H](CCCCNC(C)C)NC(=O)OC(C)(C)C. The van der Waals surface area contributed by atoms with E-state index in [1.165, 1.54) is 7.11 Å². The van der Waals surface area contributed by atoms with Crippen LogP contribution in [0.3, 0.4) is 0 Å². The Morgan fingerprint density at radius 1 is 1.14 bits per heavy atom. The predicted octanol–water partition coefficient (Wildman–Crippen LogP) is 2.22. The van der Waals surface area contributed by atoms with E-state index < -0.39 is 23.7 Å². The highest BCUT2D eigenvalue weighted by Crippen LogP contribution is 2.08. The molecule has 0 radical (unpaired) electrons. The quantitative estimate of drug-likeness (QED) is 0.531. The monoisotopic (exact) mass is 302 g/mol. The van der Waals surface area contributed by atoms with Crippen molar-refractivity contribution in [2.45, 2.75) is 71.6 Å². The molecule has 0 aliphatic heterocycles. The van der Waals surface area contributed by atoms with Crippen LogP contribution in [0.1, 0.15) is 53.9 Å². The largest absolute Gasteiger partial charge is 0.467 e. The van der Waals surface area contributed by atoms with Crippen molar-refractivity contribution in [1.82, 2.24) is 10.6 Å². The van der Waals surface area contributed by atoms with Gasteiger partial charge in [0.1, 0.15) is 11.6 Å². The molecule has 21 heavy (non-hydrogen) atoms. The minimum atomic E-state index is -0.663. The third-order valence-corrected chi connectivity index (χ3v) is 2.65. The van der Waals surface area contributed by atoms with Crippen molar-refractivity contribution >= 4 is 12.1 Å². The van der Waals surface area contributed by atoms with Crippen molar-refractivity contribution in [1.29, 1.82) is 0 Å². The molecule has 0 fully saturated rings. The number of rotatable bonds is 8. The Hall–Kier alpha value is -1.30. The van der Waals surface area contributed by atoms with Gasteiger partial charge in [0.25, 0.3) is 0 Å². The van der Waals surface area contributed by atoms with Crippen LogP contribution >= 0.6 is 0 Å². The van der Waals surface area contributed by atoms with Crippen molar-refractivity contribution in [2.24, 2.45) is 0 Å². The average Bonchev–Trinajstić information content (AvgIpc) is 2.33. The first-order valence-corrected chi connectivity index (χ1v) is 7.46. The summed E-state index contributed by atoms with van der Waals surface area (Å²) in [6.07, 6.45) is 1.68. The van der Waals surface area contributed by atoms with Crippen molar-refractivity contribution < 1.29 is 19.1 Å². The number of unbranched alkanes of at least 4 members (excludes halogenated alkanes) is 1. The molecule has 0 bridgehead atoms. The van der Waals surface area contributed by atoms with Gasteiger partial charge in [0.05, 0.1) is 7.11 Å². The van der Waals surface area contributed by atoms with E-state index in [2.05, 4.69) is 24.5 Å². The predicted molar refractivity (Wildman–Crippen MR) is 82.2 cm³/mol. The summed E-state index contributed by atoms with van der Waals surface area (Å²) in [6.45, 7) is 10.4. The number of ether oxygens (including phenoxy) is 2. The van der Waals surface area contributed by atoms with Gasteiger partial charge >= 0.3 is 12.1 Å². The molecule has 2 N–H and O–H groups in total. The molecule has 0 aromatic heterocycles. The number of carbonyl (C=O) groups is 2. The van der Waals surface area contributed by atoms with E-state index in [1.54, 1.807) is 20.8 Å². The highest BCUT2D eigenvalue weighted by atomic mass is 16.6. The van der Waals surface area contributed by atoms with Crippen LogP contribution in [0.15, 0.2) is 0 Å². The Bertz CT molecular complexity index is 324. The second-order valence-electron chi connectivity index (χ2n) is 6.33. The van der Waals surface area contributed by atoms with Crippen molar-refractivity contribution in [3.63, 3.8) is 0 Å². The van der Waals surface area contributed by atoms with Gasteiger partial charge in [0, 0.05) is 6.04 Å². The number of amides is 1. The molecular formula is C15H30N2O4. The third kappa shape index (κ3) is 11.1. The number of nitrogens with one attached hydrogen (secondary N) is 2. The number of hydrogen-bond acceptors (Lipinski definition) is 5. The standard InChI is InChI=1S/C15H30N2O4/c1-11(2)16-10-8-7-9-12(13(18)20-6)17-14(19)21-15(3,4)5/h11-12,16H,7-10H2,1-6H3,(H,17,19)/t12-/m0/s1. The van der Waals surface area contributed by atoms with E-state index in [-0.39, 0.29) is 0 Å². The molecular weight excluding hydrogens is 272 g/mol. The van der Waals surface area contributed by atoms with Crippen LogP contribution < -0.4 is 10.6 Å². The molecule has 1 atom stereocenters. The van der Waals surface area contributed by atoms with E-state index in [0.29, 0.717) is 12.5 Å². The number of esters is 1. The Morgan fingerprint density at radius 2 is 1.76 bits per heavy atom. The summed E-state index contributed by atoms with van der Waals surface area (Å²) in [5, 5.41) is 5.87. The smallest absolute Gasteiger partial charge is 0.408 e. The summed E-state index contributed by atoms with van der Waals surface area (Å²) in [5.74, 6) is -0.447. The van der Waals surface area contributed by atoms with Gasteiger partial charge in [-0.3, -0.25) is 0 Å². The first kappa shape index (κ1) is 19.7. The number of hydrogen-bond donors (Lipinski definition) is 2. The molecule has 0 rings (SSSR count). The van der Waals surface area contributed by atoms with Gasteiger partial charge in [-0.25, -0.2) is 9.59 Å². The fourth-order valence-electron chi connectivity index (χ4n) is 1.71. The van der Waals surface area contributed by atoms with Crippen LogP contribution in [0.5, 0.6) is 0 Å². The van der Waals surface area contributed by atoms with Crippen molar-refractivity contribution in [2.75, 3.05) is 13.7 Å². The molecule has 0 aromatic carbocycles. The maximum Gasteiger partial charge on any atom is 0.408 e. The van der Waals surface area contributed by atoms with E-state index in [4.69, 9.17) is 9.47 Å². The van der Waals surface area contributed by atoms with Crippen LogP contribution in [0.2, 0.25) is 0 Å². The normalized spacial score (nSPS) is 12.9. The van der Waals surface area contributed by atoms with Gasteiger partial charge in [-0.2, -0.15) is 0 Å². The minimum absolute atomic E-state index is 0.446. The van der Waals surface area contributed by atoms with Crippen LogP contribution in [-0.4, -0.2) is 43.4 Å². The third-order valence-electron chi connectivity index (χ3n) is 2.65. The number of methoxy groups -OCH3 is 1. The molecule has 0 heterocycles. The number of carbonyl (C=O) groups excluding carboxylic acids is 2. The van der Waals surface area contributed by atoms with Crippen LogP contribution in [0.4, 0.5) is 4.79 Å². The zero-order valence-corrected chi connectivity index (χ0v) is 14.1. The van der Waals surface area contributed by atoms with Crippen LogP contribution in [0, 0.1) is 0 Å². The second kappa shape index (κ2) is 9.60. The zero-order chi connectivity index (χ0) is 16.5. The van der Waals surface area contributed by atoms with Crippen LogP contribution in [-0.2, 0) is 14.3 Å². The molecule has 6 heteroatoms. The summed E-state index contributed by atoms with van der Waals surface area (Å²) in [5.41, 5.74) is -0.591. The lowest BCUT2D eigenvalue weighted by Crippen LogP contribution is -2.44. The molecule has 0 unspecified atom stereocenters. The minimum Gasteiger partial charge on any atom is -0.467 e. The van der Waals surface area contributed by atoms with Gasteiger partial charge < -0.3 is 20.1 Å². The number of alkyl carbamates (subject to hydrolysis) is 1. The van der Waals surface area contributed by atoms with E-state index in [0.717, 1.165) is 19.4 Å². The summed E-state index contributed by atoms with van der Waals surface area (Å²) >= 11 is 0. The highest BCUT2D eigenvalue weighted by molar-refractivity contribution is 5.81. The molecule has 6 nitrogen and oxygen atoms in total. The summed E-state index contributed by atoms with van der Waals surface area (Å²) in [7, 11) is 1.31. The first-order chi connectivity index (χ1) is 9.65. The fraction of sp³-hybridized carbons (Fsp3) is 0.867.